The molecule has 1 aromatic carbocycles. The SMILES string of the molecule is CCNC(c1coc2ccccc12)c1ccnn1CC. The summed E-state index contributed by atoms with van der Waals surface area (Å²) in [5, 5.41) is 9.06. The van der Waals surface area contributed by atoms with Crippen molar-refractivity contribution in [2.45, 2.75) is 26.4 Å². The van der Waals surface area contributed by atoms with Gasteiger partial charge in [-0.15, -0.1) is 0 Å². The number of aryl methyl sites for hydroxylation is 1. The number of fused-ring (bicyclic) bond motifs is 1. The van der Waals surface area contributed by atoms with E-state index in [0.717, 1.165) is 29.6 Å². The van der Waals surface area contributed by atoms with Crippen LogP contribution in [-0.4, -0.2) is 16.3 Å². The van der Waals surface area contributed by atoms with Crippen LogP contribution in [0.3, 0.4) is 0 Å². The van der Waals surface area contributed by atoms with Gasteiger partial charge in [0.2, 0.25) is 0 Å². The Morgan fingerprint density at radius 3 is 2.90 bits per heavy atom. The van der Waals surface area contributed by atoms with Crippen molar-refractivity contribution < 1.29 is 4.42 Å². The fraction of sp³-hybridized carbons (Fsp3) is 0.312. The Morgan fingerprint density at radius 2 is 2.10 bits per heavy atom. The van der Waals surface area contributed by atoms with Crippen molar-refractivity contribution in [3.8, 4) is 0 Å². The Bertz CT molecular complexity index is 698. The van der Waals surface area contributed by atoms with Crippen LogP contribution in [0.5, 0.6) is 0 Å². The standard InChI is InChI=1S/C16H19N3O/c1-3-17-16(14-9-10-18-19(14)4-2)13-11-20-15-8-6-5-7-12(13)15/h5-11,16-17H,3-4H2,1-2H3. The molecule has 2 aromatic heterocycles. The number of para-hydroxylation sites is 1. The van der Waals surface area contributed by atoms with Gasteiger partial charge in [-0.05, 0) is 25.6 Å². The smallest absolute Gasteiger partial charge is 0.134 e. The Hall–Kier alpha value is -2.07. The van der Waals surface area contributed by atoms with Crippen LogP contribution in [0.15, 0.2) is 47.2 Å². The molecule has 0 saturated carbocycles. The molecule has 0 saturated heterocycles. The first-order valence-electron chi connectivity index (χ1n) is 7.06. The molecule has 0 bridgehead atoms. The number of rotatable bonds is 5. The first-order chi connectivity index (χ1) is 9.85. The molecular formula is C16H19N3O. The van der Waals surface area contributed by atoms with Crippen LogP contribution >= 0.6 is 0 Å². The van der Waals surface area contributed by atoms with E-state index in [9.17, 15) is 0 Å². The topological polar surface area (TPSA) is 43.0 Å². The third-order valence-electron chi connectivity index (χ3n) is 3.57. The van der Waals surface area contributed by atoms with Crippen molar-refractivity contribution in [1.82, 2.24) is 15.1 Å². The van der Waals surface area contributed by atoms with Crippen molar-refractivity contribution >= 4 is 11.0 Å². The molecule has 0 aliphatic carbocycles. The van der Waals surface area contributed by atoms with E-state index in [1.54, 1.807) is 0 Å². The summed E-state index contributed by atoms with van der Waals surface area (Å²) in [4.78, 5) is 0. The molecule has 4 nitrogen and oxygen atoms in total. The molecule has 1 unspecified atom stereocenters. The number of furan rings is 1. The molecule has 0 amide bonds. The van der Waals surface area contributed by atoms with Crippen molar-refractivity contribution in [2.24, 2.45) is 0 Å². The number of benzene rings is 1. The minimum absolute atomic E-state index is 0.103. The van der Waals surface area contributed by atoms with Gasteiger partial charge in [-0.2, -0.15) is 5.10 Å². The van der Waals surface area contributed by atoms with E-state index in [0.29, 0.717) is 0 Å². The summed E-state index contributed by atoms with van der Waals surface area (Å²) in [5.74, 6) is 0. The molecule has 1 atom stereocenters. The molecule has 3 rings (SSSR count). The molecule has 2 heterocycles. The van der Waals surface area contributed by atoms with Gasteiger partial charge in [-0.25, -0.2) is 0 Å². The molecule has 3 aromatic rings. The highest BCUT2D eigenvalue weighted by atomic mass is 16.3. The maximum absolute atomic E-state index is 5.68. The second-order valence-corrected chi connectivity index (χ2v) is 4.75. The minimum Gasteiger partial charge on any atom is -0.464 e. The largest absolute Gasteiger partial charge is 0.464 e. The molecular weight excluding hydrogens is 250 g/mol. The zero-order chi connectivity index (χ0) is 13.9. The maximum atomic E-state index is 5.68. The van der Waals surface area contributed by atoms with Crippen LogP contribution in [0.25, 0.3) is 11.0 Å². The Labute approximate surface area is 118 Å². The average Bonchev–Trinajstić information content (AvgIpc) is 3.11. The van der Waals surface area contributed by atoms with Crippen LogP contribution in [0, 0.1) is 0 Å². The van der Waals surface area contributed by atoms with Crippen molar-refractivity contribution in [3.63, 3.8) is 0 Å². The number of nitrogens with one attached hydrogen (secondary N) is 1. The molecule has 0 aliphatic heterocycles. The molecule has 4 heteroatoms. The van der Waals surface area contributed by atoms with Crippen molar-refractivity contribution in [2.75, 3.05) is 6.54 Å². The van der Waals surface area contributed by atoms with Crippen LogP contribution in [-0.2, 0) is 6.54 Å². The number of hydrogen-bond donors (Lipinski definition) is 1. The molecule has 20 heavy (non-hydrogen) atoms. The van der Waals surface area contributed by atoms with E-state index in [1.807, 2.05) is 35.3 Å². The van der Waals surface area contributed by atoms with Gasteiger partial charge in [0, 0.05) is 23.7 Å². The molecule has 0 radical (unpaired) electrons. The van der Waals surface area contributed by atoms with Gasteiger partial charge in [0.15, 0.2) is 0 Å². The lowest BCUT2D eigenvalue weighted by Crippen LogP contribution is -2.24. The lowest BCUT2D eigenvalue weighted by atomic mass is 10.0. The quantitative estimate of drug-likeness (QED) is 0.772. The van der Waals surface area contributed by atoms with E-state index < -0.39 is 0 Å². The normalized spacial score (nSPS) is 12.9. The maximum Gasteiger partial charge on any atom is 0.134 e. The van der Waals surface area contributed by atoms with Crippen LogP contribution in [0.1, 0.15) is 31.1 Å². The molecule has 1 N–H and O–H groups in total. The lowest BCUT2D eigenvalue weighted by molar-refractivity contribution is 0.534. The monoisotopic (exact) mass is 269 g/mol. The molecule has 104 valence electrons. The summed E-state index contributed by atoms with van der Waals surface area (Å²) < 4.78 is 7.70. The van der Waals surface area contributed by atoms with Gasteiger partial charge in [-0.1, -0.05) is 25.1 Å². The van der Waals surface area contributed by atoms with Gasteiger partial charge < -0.3 is 9.73 Å². The highest BCUT2D eigenvalue weighted by Gasteiger charge is 2.21. The third-order valence-corrected chi connectivity index (χ3v) is 3.57. The minimum atomic E-state index is 0.103. The zero-order valence-corrected chi connectivity index (χ0v) is 11.8. The van der Waals surface area contributed by atoms with Gasteiger partial charge in [0.05, 0.1) is 18.0 Å². The lowest BCUT2D eigenvalue weighted by Gasteiger charge is -2.18. The molecule has 0 aliphatic rings. The predicted octanol–water partition coefficient (Wildman–Crippen LogP) is 3.35. The first kappa shape index (κ1) is 12.9. The Balaban J connectivity index is 2.11. The molecule has 0 spiro atoms. The fourth-order valence-electron chi connectivity index (χ4n) is 2.65. The first-order valence-corrected chi connectivity index (χ1v) is 7.06. The summed E-state index contributed by atoms with van der Waals surface area (Å²) in [7, 11) is 0. The van der Waals surface area contributed by atoms with Gasteiger partial charge in [-0.3, -0.25) is 4.68 Å². The van der Waals surface area contributed by atoms with Crippen molar-refractivity contribution in [1.29, 1.82) is 0 Å². The summed E-state index contributed by atoms with van der Waals surface area (Å²) >= 11 is 0. The van der Waals surface area contributed by atoms with E-state index >= 15 is 0 Å². The van der Waals surface area contributed by atoms with E-state index in [1.165, 1.54) is 5.69 Å². The number of aromatic nitrogens is 2. The van der Waals surface area contributed by atoms with Crippen molar-refractivity contribution in [3.05, 3.63) is 54.0 Å². The summed E-state index contributed by atoms with van der Waals surface area (Å²) in [6.07, 6.45) is 3.70. The second-order valence-electron chi connectivity index (χ2n) is 4.75. The van der Waals surface area contributed by atoms with Gasteiger partial charge in [0.1, 0.15) is 5.58 Å². The number of hydrogen-bond acceptors (Lipinski definition) is 3. The van der Waals surface area contributed by atoms with Crippen LogP contribution in [0.2, 0.25) is 0 Å². The number of nitrogens with zero attached hydrogens (tertiary/aromatic N) is 2. The molecule has 0 fully saturated rings. The summed E-state index contributed by atoms with van der Waals surface area (Å²) in [6, 6.07) is 10.3. The highest BCUT2D eigenvalue weighted by Crippen LogP contribution is 2.30. The average molecular weight is 269 g/mol. The highest BCUT2D eigenvalue weighted by molar-refractivity contribution is 5.81. The van der Waals surface area contributed by atoms with Crippen LogP contribution < -0.4 is 5.32 Å². The summed E-state index contributed by atoms with van der Waals surface area (Å²) in [6.45, 7) is 5.97. The Morgan fingerprint density at radius 1 is 1.25 bits per heavy atom. The van der Waals surface area contributed by atoms with E-state index in [4.69, 9.17) is 4.42 Å². The second kappa shape index (κ2) is 5.51. The van der Waals surface area contributed by atoms with E-state index in [2.05, 4.69) is 36.4 Å². The predicted molar refractivity (Wildman–Crippen MR) is 79.6 cm³/mol. The van der Waals surface area contributed by atoms with Gasteiger partial charge in [0.25, 0.3) is 0 Å². The fourth-order valence-corrected chi connectivity index (χ4v) is 2.65. The third kappa shape index (κ3) is 2.12. The zero-order valence-electron chi connectivity index (χ0n) is 11.8. The van der Waals surface area contributed by atoms with Crippen LogP contribution in [0.4, 0.5) is 0 Å². The van der Waals surface area contributed by atoms with Gasteiger partial charge >= 0.3 is 0 Å². The van der Waals surface area contributed by atoms with E-state index in [-0.39, 0.29) is 6.04 Å². The summed E-state index contributed by atoms with van der Waals surface area (Å²) in [5.41, 5.74) is 3.26. The Kier molecular flexibility index (Phi) is 3.56.